The van der Waals surface area contributed by atoms with E-state index in [1.165, 1.54) is 18.1 Å². The number of carbonyl (C=O) groups excluding carboxylic acids is 3. The third-order valence-corrected chi connectivity index (χ3v) is 8.07. The summed E-state index contributed by atoms with van der Waals surface area (Å²) in [6.07, 6.45) is 0.195. The summed E-state index contributed by atoms with van der Waals surface area (Å²) < 4.78 is 5.75. The van der Waals surface area contributed by atoms with Crippen LogP contribution in [0.5, 0.6) is 11.5 Å². The molecule has 6 N–H and O–H groups in total. The number of phenolic OH excluding ortho intramolecular Hbond substituents is 1. The Morgan fingerprint density at radius 2 is 1.85 bits per heavy atom. The lowest BCUT2D eigenvalue weighted by Gasteiger charge is -2.50. The monoisotopic (exact) mass is 543 g/mol. The summed E-state index contributed by atoms with van der Waals surface area (Å²) in [6, 6.07) is 0.356. The average molecular weight is 544 g/mol. The SMILES string of the molecule is COc1c(CN(C)CC(C)C)cc(O)c2c1C[C@H]1C[C@H]3[C@H](N(C)C)C(=O)C(C(N)=O)=C(O)[C@@]3(O)C(=O)C1=C2O. The molecule has 4 atom stereocenters. The number of nitrogens with zero attached hydrogens (tertiary/aromatic N) is 2. The number of ketones is 2. The zero-order valence-corrected chi connectivity index (χ0v) is 23.1. The van der Waals surface area contributed by atoms with E-state index in [4.69, 9.17) is 10.5 Å². The van der Waals surface area contributed by atoms with Gasteiger partial charge >= 0.3 is 0 Å². The third-order valence-electron chi connectivity index (χ3n) is 8.07. The van der Waals surface area contributed by atoms with Crippen molar-refractivity contribution >= 4 is 23.2 Å². The second-order valence-corrected chi connectivity index (χ2v) is 11.5. The second kappa shape index (κ2) is 9.96. The molecule has 0 radical (unpaired) electrons. The highest BCUT2D eigenvalue weighted by Crippen LogP contribution is 2.54. The number of aromatic hydroxyl groups is 1. The maximum atomic E-state index is 13.9. The first-order valence-corrected chi connectivity index (χ1v) is 12.9. The first kappa shape index (κ1) is 28.6. The Hall–Kier alpha value is -3.41. The van der Waals surface area contributed by atoms with Crippen molar-refractivity contribution in [2.24, 2.45) is 23.5 Å². The molecule has 11 heteroatoms. The fourth-order valence-electron chi connectivity index (χ4n) is 6.71. The molecule has 4 rings (SSSR count). The predicted molar refractivity (Wildman–Crippen MR) is 142 cm³/mol. The number of Topliss-reactive ketones (excluding diaryl/α,β-unsaturated/α-hetero) is 2. The average Bonchev–Trinajstić information content (AvgIpc) is 2.80. The van der Waals surface area contributed by atoms with Gasteiger partial charge in [0.2, 0.25) is 5.78 Å². The van der Waals surface area contributed by atoms with Crippen molar-refractivity contribution in [3.05, 3.63) is 39.7 Å². The Bertz CT molecular complexity index is 1310. The standard InChI is InChI=1S/C28H37N3O8/c1-12(2)10-31(5)11-14-9-17(32)19-15(24(14)39-6)7-13-8-16-21(30(3)4)23(34)20(27(29)37)26(36)28(16,38)25(35)18(13)22(19)33/h9,12-13,16,21,32-33,36,38H,7-8,10-11H2,1-6H3,(H2,29,37)/t13-,16-,21-,28-/m0/s1. The van der Waals surface area contributed by atoms with Crippen molar-refractivity contribution in [3.63, 3.8) is 0 Å². The molecule has 1 aromatic rings. The largest absolute Gasteiger partial charge is 0.508 e. The number of aliphatic hydroxyl groups excluding tert-OH is 2. The Morgan fingerprint density at radius 1 is 1.21 bits per heavy atom. The summed E-state index contributed by atoms with van der Waals surface area (Å²) in [5.74, 6) is -5.90. The molecular weight excluding hydrogens is 506 g/mol. The van der Waals surface area contributed by atoms with Gasteiger partial charge in [-0.15, -0.1) is 0 Å². The number of methoxy groups -OCH3 is 1. The van der Waals surface area contributed by atoms with Gasteiger partial charge in [-0.25, -0.2) is 0 Å². The molecule has 212 valence electrons. The van der Waals surface area contributed by atoms with E-state index >= 15 is 0 Å². The fourth-order valence-corrected chi connectivity index (χ4v) is 6.71. The molecule has 1 aromatic carbocycles. The van der Waals surface area contributed by atoms with Crippen LogP contribution in [0.1, 0.15) is 37.0 Å². The van der Waals surface area contributed by atoms with Crippen LogP contribution < -0.4 is 10.5 Å². The molecule has 1 saturated carbocycles. The van der Waals surface area contributed by atoms with Crippen LogP contribution in [-0.2, 0) is 27.3 Å². The van der Waals surface area contributed by atoms with Crippen molar-refractivity contribution in [1.82, 2.24) is 9.80 Å². The van der Waals surface area contributed by atoms with Crippen LogP contribution in [0.3, 0.4) is 0 Å². The molecule has 3 aliphatic carbocycles. The molecule has 3 aliphatic rings. The molecule has 0 aliphatic heterocycles. The van der Waals surface area contributed by atoms with E-state index in [2.05, 4.69) is 18.7 Å². The lowest BCUT2D eigenvalue weighted by atomic mass is 9.57. The van der Waals surface area contributed by atoms with Gasteiger partial charge in [-0.3, -0.25) is 19.3 Å². The number of hydrogen-bond acceptors (Lipinski definition) is 10. The number of rotatable bonds is 7. The van der Waals surface area contributed by atoms with Crippen molar-refractivity contribution in [2.75, 3.05) is 34.8 Å². The molecule has 0 aromatic heterocycles. The van der Waals surface area contributed by atoms with Crippen molar-refractivity contribution in [2.45, 2.75) is 44.9 Å². The van der Waals surface area contributed by atoms with E-state index in [0.29, 0.717) is 29.3 Å². The highest BCUT2D eigenvalue weighted by atomic mass is 16.5. The van der Waals surface area contributed by atoms with Gasteiger partial charge in [-0.05, 0) is 51.9 Å². The molecule has 1 amide bonds. The number of phenols is 1. The number of ether oxygens (including phenoxy) is 1. The third kappa shape index (κ3) is 4.29. The van der Waals surface area contributed by atoms with Gasteiger partial charge < -0.3 is 35.8 Å². The molecular formula is C28H37N3O8. The number of carbonyl (C=O) groups is 3. The van der Waals surface area contributed by atoms with Crippen molar-refractivity contribution < 1.29 is 39.5 Å². The normalized spacial score (nSPS) is 26.8. The molecule has 39 heavy (non-hydrogen) atoms. The van der Waals surface area contributed by atoms with Crippen molar-refractivity contribution in [1.29, 1.82) is 0 Å². The summed E-state index contributed by atoms with van der Waals surface area (Å²) in [6.45, 7) is 5.47. The Balaban J connectivity index is 1.90. The van der Waals surface area contributed by atoms with E-state index in [1.807, 2.05) is 7.05 Å². The van der Waals surface area contributed by atoms with Gasteiger partial charge in [0.05, 0.1) is 18.7 Å². The first-order chi connectivity index (χ1) is 18.2. The fraction of sp³-hybridized carbons (Fsp3) is 0.536. The Kier molecular flexibility index (Phi) is 7.30. The Morgan fingerprint density at radius 3 is 2.38 bits per heavy atom. The number of aliphatic hydroxyl groups is 3. The van der Waals surface area contributed by atoms with Crippen molar-refractivity contribution in [3.8, 4) is 11.5 Å². The van der Waals surface area contributed by atoms with Gasteiger partial charge in [-0.2, -0.15) is 0 Å². The molecule has 0 saturated heterocycles. The minimum Gasteiger partial charge on any atom is -0.508 e. The maximum absolute atomic E-state index is 13.9. The van der Waals surface area contributed by atoms with E-state index in [-0.39, 0.29) is 29.7 Å². The smallest absolute Gasteiger partial charge is 0.255 e. The van der Waals surface area contributed by atoms with Crippen LogP contribution >= 0.6 is 0 Å². The van der Waals surface area contributed by atoms with Crippen LogP contribution in [-0.4, -0.2) is 94.1 Å². The van der Waals surface area contributed by atoms with Crippen LogP contribution in [0.2, 0.25) is 0 Å². The minimum absolute atomic E-state index is 0.0124. The lowest BCUT2D eigenvalue weighted by molar-refractivity contribution is -0.153. The highest BCUT2D eigenvalue weighted by Gasteiger charge is 2.64. The van der Waals surface area contributed by atoms with Crippen LogP contribution in [0, 0.1) is 17.8 Å². The van der Waals surface area contributed by atoms with Crippen LogP contribution in [0.15, 0.2) is 23.0 Å². The number of fused-ring (bicyclic) bond motifs is 3. The van der Waals surface area contributed by atoms with Gasteiger partial charge in [0.15, 0.2) is 11.4 Å². The molecule has 0 unspecified atom stereocenters. The van der Waals surface area contributed by atoms with E-state index in [9.17, 15) is 34.8 Å². The second-order valence-electron chi connectivity index (χ2n) is 11.5. The van der Waals surface area contributed by atoms with E-state index < -0.39 is 58.0 Å². The number of benzene rings is 1. The number of likely N-dealkylation sites (N-methyl/N-ethyl adjacent to an activating group) is 1. The summed E-state index contributed by atoms with van der Waals surface area (Å²) >= 11 is 0. The number of nitrogens with two attached hydrogens (primary N) is 1. The highest BCUT2D eigenvalue weighted by molar-refractivity contribution is 6.24. The zero-order chi connectivity index (χ0) is 29.1. The van der Waals surface area contributed by atoms with E-state index in [1.54, 1.807) is 14.1 Å². The molecule has 1 fully saturated rings. The summed E-state index contributed by atoms with van der Waals surface area (Å²) in [5.41, 5.74) is 2.89. The summed E-state index contributed by atoms with van der Waals surface area (Å²) in [4.78, 5) is 42.8. The number of hydrogen-bond donors (Lipinski definition) is 5. The predicted octanol–water partition coefficient (Wildman–Crippen LogP) is 1.06. The number of amides is 1. The van der Waals surface area contributed by atoms with Gasteiger partial charge in [0.25, 0.3) is 5.91 Å². The van der Waals surface area contributed by atoms with Gasteiger partial charge in [-0.1, -0.05) is 13.8 Å². The molecule has 0 heterocycles. The van der Waals surface area contributed by atoms with Gasteiger partial charge in [0.1, 0.15) is 28.6 Å². The molecule has 0 spiro atoms. The first-order valence-electron chi connectivity index (χ1n) is 12.9. The lowest BCUT2D eigenvalue weighted by Crippen LogP contribution is -2.65. The topological polar surface area (TPSA) is 174 Å². The quantitative estimate of drug-likeness (QED) is 0.313. The summed E-state index contributed by atoms with van der Waals surface area (Å²) in [7, 11) is 6.58. The number of primary amides is 1. The molecule has 0 bridgehead atoms. The van der Waals surface area contributed by atoms with Gasteiger partial charge in [0, 0.05) is 35.7 Å². The Labute approximate surface area is 227 Å². The zero-order valence-electron chi connectivity index (χ0n) is 23.1. The van der Waals surface area contributed by atoms with Crippen LogP contribution in [0.25, 0.3) is 5.76 Å². The minimum atomic E-state index is -2.66. The van der Waals surface area contributed by atoms with Crippen LogP contribution in [0.4, 0.5) is 0 Å². The molecule has 11 nitrogen and oxygen atoms in total. The van der Waals surface area contributed by atoms with E-state index in [0.717, 1.165) is 6.54 Å². The maximum Gasteiger partial charge on any atom is 0.255 e. The summed E-state index contributed by atoms with van der Waals surface area (Å²) in [5, 5.41) is 45.0.